The molecule has 2 unspecified atom stereocenters. The number of para-hydroxylation sites is 3. The number of hydrogen-bond acceptors (Lipinski definition) is 1. The van der Waals surface area contributed by atoms with Gasteiger partial charge in [0, 0.05) is 21.5 Å². The van der Waals surface area contributed by atoms with Crippen LogP contribution < -0.4 is 10.4 Å². The quantitative estimate of drug-likeness (QED) is 0.205. The smallest absolute Gasteiger partial charge is 0.114 e. The Balaban J connectivity index is 1.55. The van der Waals surface area contributed by atoms with Crippen molar-refractivity contribution in [2.24, 2.45) is 0 Å². The van der Waals surface area contributed by atoms with E-state index in [0.717, 1.165) is 0 Å². The summed E-state index contributed by atoms with van der Waals surface area (Å²) in [5, 5.41) is 2.56. The van der Waals surface area contributed by atoms with Crippen LogP contribution in [0.15, 0.2) is 115 Å². The Kier molecular flexibility index (Phi) is 3.42. The molecule has 0 amide bonds. The zero-order chi connectivity index (χ0) is 37.7. The van der Waals surface area contributed by atoms with Gasteiger partial charge in [-0.3, -0.25) is 4.57 Å². The van der Waals surface area contributed by atoms with E-state index in [1.54, 1.807) is 41.0 Å². The molecule has 0 spiro atoms. The molecule has 0 saturated carbocycles. The maximum absolute atomic E-state index is 9.22. The van der Waals surface area contributed by atoms with Crippen LogP contribution in [0.1, 0.15) is 41.9 Å². The SMILES string of the molecule is [2H]C1=c2c([2H])c([2H])c([2H])c(-c3c4ccccc4c(-c4ccccc4-n4c(C([2H])([2H])C([2H])([2H])[2H])nc5ccccc54)c4ccccc34)c2=C([2H])C([2H])C1[2H]. The van der Waals surface area contributed by atoms with Crippen LogP contribution in [0.4, 0.5) is 0 Å². The van der Waals surface area contributed by atoms with Crippen molar-refractivity contribution in [2.75, 3.05) is 0 Å². The van der Waals surface area contributed by atoms with Crippen LogP contribution in [0.5, 0.6) is 0 Å². The summed E-state index contributed by atoms with van der Waals surface area (Å²) in [6, 6.07) is 27.3. The van der Waals surface area contributed by atoms with Gasteiger partial charge < -0.3 is 0 Å². The van der Waals surface area contributed by atoms with Crippen molar-refractivity contribution in [3.05, 3.63) is 131 Å². The third-order valence-electron chi connectivity index (χ3n) is 7.68. The fourth-order valence-electron chi connectivity index (χ4n) is 6.02. The lowest BCUT2D eigenvalue weighted by atomic mass is 9.84. The molecule has 0 N–H and O–H groups in total. The van der Waals surface area contributed by atoms with Gasteiger partial charge in [0.15, 0.2) is 0 Å². The van der Waals surface area contributed by atoms with Crippen molar-refractivity contribution in [1.82, 2.24) is 9.55 Å². The van der Waals surface area contributed by atoms with E-state index in [4.69, 9.17) is 15.1 Å². The molecule has 0 bridgehead atoms. The van der Waals surface area contributed by atoms with Crippen LogP contribution in [0.2, 0.25) is 0 Å². The van der Waals surface area contributed by atoms with E-state index in [1.807, 2.05) is 60.7 Å². The van der Waals surface area contributed by atoms with Gasteiger partial charge in [-0.05, 0) is 79.7 Å². The first-order valence-corrected chi connectivity index (χ1v) is 13.3. The molecule has 0 radical (unpaired) electrons. The summed E-state index contributed by atoms with van der Waals surface area (Å²) in [7, 11) is 0. The Morgan fingerprint density at radius 3 is 2.15 bits per heavy atom. The van der Waals surface area contributed by atoms with Gasteiger partial charge in [0.1, 0.15) is 5.82 Å². The summed E-state index contributed by atoms with van der Waals surface area (Å²) in [5.74, 6) is -0.279. The molecule has 0 aliphatic heterocycles. The van der Waals surface area contributed by atoms with E-state index in [0.29, 0.717) is 55.0 Å². The van der Waals surface area contributed by atoms with Crippen molar-refractivity contribution >= 4 is 44.7 Å². The summed E-state index contributed by atoms with van der Waals surface area (Å²) in [4.78, 5) is 4.54. The molecule has 7 aromatic rings. The van der Waals surface area contributed by atoms with E-state index < -0.39 is 38.1 Å². The summed E-state index contributed by atoms with van der Waals surface area (Å²) in [5.41, 5.74) is 3.37. The Morgan fingerprint density at radius 2 is 1.39 bits per heavy atom. The Hall–Kier alpha value is -4.95. The number of imidazole rings is 1. The molecule has 8 rings (SSSR count). The number of fused-ring (bicyclic) bond motifs is 4. The molecule has 0 saturated heterocycles. The maximum atomic E-state index is 9.22. The Bertz CT molecular complexity index is 2750. The summed E-state index contributed by atoms with van der Waals surface area (Å²) < 4.78 is 105. The van der Waals surface area contributed by atoms with Gasteiger partial charge >= 0.3 is 0 Å². The molecule has 1 aromatic heterocycles. The van der Waals surface area contributed by atoms with E-state index in [9.17, 15) is 1.37 Å². The van der Waals surface area contributed by atoms with Gasteiger partial charge in [-0.1, -0.05) is 116 Å². The predicted molar refractivity (Wildman–Crippen MR) is 174 cm³/mol. The number of benzene rings is 6. The first-order valence-electron chi connectivity index (χ1n) is 19.5. The highest BCUT2D eigenvalue weighted by atomic mass is 15.1. The predicted octanol–water partition coefficient (Wildman–Crippen LogP) is 8.58. The van der Waals surface area contributed by atoms with Crippen LogP contribution in [-0.2, 0) is 6.37 Å². The summed E-state index contributed by atoms with van der Waals surface area (Å²) in [6.45, 7) is -3.04. The number of rotatable bonds is 4. The van der Waals surface area contributed by atoms with Gasteiger partial charge in [0.2, 0.25) is 0 Å². The molecule has 1 aliphatic carbocycles. The molecular formula is C39H30N2. The fraction of sp³-hybridized carbons (Fsp3) is 0.103. The number of aryl methyl sites for hydroxylation is 1. The normalized spacial score (nSPS) is 21.8. The maximum Gasteiger partial charge on any atom is 0.114 e. The monoisotopic (exact) mass is 538 g/mol. The molecule has 1 heterocycles. The zero-order valence-corrected chi connectivity index (χ0v) is 21.8. The Labute approximate surface area is 256 Å². The van der Waals surface area contributed by atoms with E-state index in [1.165, 1.54) is 0 Å². The fourth-order valence-corrected chi connectivity index (χ4v) is 6.02. The van der Waals surface area contributed by atoms with Gasteiger partial charge in [0.05, 0.1) is 23.6 Å². The molecular weight excluding hydrogens is 496 g/mol. The molecule has 196 valence electrons. The largest absolute Gasteiger partial charge is 0.296 e. The third kappa shape index (κ3) is 3.68. The molecule has 2 atom stereocenters. The topological polar surface area (TPSA) is 17.8 Å². The average molecular weight is 539 g/mol. The summed E-state index contributed by atoms with van der Waals surface area (Å²) in [6.07, 6.45) is -5.68. The van der Waals surface area contributed by atoms with Crippen molar-refractivity contribution in [3.63, 3.8) is 0 Å². The van der Waals surface area contributed by atoms with Gasteiger partial charge in [0.25, 0.3) is 0 Å². The van der Waals surface area contributed by atoms with Crippen molar-refractivity contribution in [2.45, 2.75) is 26.0 Å². The first-order chi connectivity index (χ1) is 25.2. The standard InChI is InChI=1S/C39H30N2/c1-2-37-40-34-23-10-12-25-36(34)41(37)35-24-11-9-21-33(35)39-31-19-7-5-17-29(31)38(30-18-6-8-20-32(30)39)28-22-13-15-26-14-3-4-16-27(26)28/h5-25H,2-4H2,1H3/i1D3,2D2,3D,4D,13D,14D,15D,16D,22D. The molecule has 41 heavy (non-hydrogen) atoms. The lowest BCUT2D eigenvalue weighted by molar-refractivity contribution is 0.909. The highest BCUT2D eigenvalue weighted by Gasteiger charge is 2.21. The van der Waals surface area contributed by atoms with Crippen LogP contribution in [0.25, 0.3) is 72.6 Å². The van der Waals surface area contributed by atoms with Crippen molar-refractivity contribution < 1.29 is 16.4 Å². The van der Waals surface area contributed by atoms with Crippen LogP contribution >= 0.6 is 0 Å². The molecule has 2 nitrogen and oxygen atoms in total. The van der Waals surface area contributed by atoms with Crippen LogP contribution in [-0.4, -0.2) is 9.55 Å². The van der Waals surface area contributed by atoms with E-state index in [2.05, 4.69) is 4.98 Å². The second-order valence-electron chi connectivity index (χ2n) is 9.86. The first kappa shape index (κ1) is 14.6. The second-order valence-corrected chi connectivity index (χ2v) is 9.86. The average Bonchev–Trinajstić information content (AvgIpc) is 3.54. The zero-order valence-electron chi connectivity index (χ0n) is 33.8. The van der Waals surface area contributed by atoms with Crippen LogP contribution in [0, 0.1) is 0 Å². The minimum Gasteiger partial charge on any atom is -0.296 e. The van der Waals surface area contributed by atoms with Gasteiger partial charge in [-0.25, -0.2) is 4.98 Å². The lowest BCUT2D eigenvalue weighted by Gasteiger charge is -2.21. The van der Waals surface area contributed by atoms with E-state index >= 15 is 0 Å². The minimum atomic E-state index is -3.04. The second kappa shape index (κ2) is 9.60. The highest BCUT2D eigenvalue weighted by molar-refractivity contribution is 6.22. The number of hydrogen-bond donors (Lipinski definition) is 0. The molecule has 1 aliphatic rings. The third-order valence-corrected chi connectivity index (χ3v) is 7.68. The van der Waals surface area contributed by atoms with Gasteiger partial charge in [-0.2, -0.15) is 0 Å². The van der Waals surface area contributed by atoms with Crippen LogP contribution in [0.3, 0.4) is 0 Å². The van der Waals surface area contributed by atoms with Gasteiger partial charge in [-0.15, -0.1) is 0 Å². The minimum absolute atomic E-state index is 0.0365. The van der Waals surface area contributed by atoms with Crippen molar-refractivity contribution in [1.29, 1.82) is 0 Å². The Morgan fingerprint density at radius 1 is 0.756 bits per heavy atom. The molecule has 2 heteroatoms. The highest BCUT2D eigenvalue weighted by Crippen LogP contribution is 2.44. The molecule has 0 fully saturated rings. The number of nitrogens with zero attached hydrogens (tertiary/aromatic N) is 2. The van der Waals surface area contributed by atoms with Crippen molar-refractivity contribution in [3.8, 4) is 27.9 Å². The summed E-state index contributed by atoms with van der Waals surface area (Å²) >= 11 is 0. The van der Waals surface area contributed by atoms with E-state index in [-0.39, 0.29) is 40.0 Å². The molecule has 6 aromatic carbocycles. The number of aromatic nitrogens is 2. The lowest BCUT2D eigenvalue weighted by Crippen LogP contribution is -2.28.